The van der Waals surface area contributed by atoms with Gasteiger partial charge in [-0.3, -0.25) is 9.80 Å². The molecule has 0 amide bonds. The van der Waals surface area contributed by atoms with E-state index in [9.17, 15) is 0 Å². The van der Waals surface area contributed by atoms with Gasteiger partial charge in [0.25, 0.3) is 0 Å². The van der Waals surface area contributed by atoms with E-state index in [1.165, 1.54) is 19.5 Å². The number of rotatable bonds is 0. The number of hydrogen-bond acceptors (Lipinski definition) is 2. The van der Waals surface area contributed by atoms with Gasteiger partial charge in [0.05, 0.1) is 0 Å². The first-order chi connectivity index (χ1) is 11.7. The standard InChI is InChI=1S/C21H31BN2/c1-3-23-17-6-14-7-18(8-17)24-4-2-20-11-15-5-16(12-20)10-19(1,9-15)22(20)21(23,24)13-14/h14-18H,1-13H2. The highest BCUT2D eigenvalue weighted by Gasteiger charge is 2.79. The first-order valence-electron chi connectivity index (χ1n) is 11.2. The second-order valence-corrected chi connectivity index (χ2v) is 11.8. The normalized spacial score (nSPS) is 65.5. The van der Waals surface area contributed by atoms with E-state index < -0.39 is 0 Å². The lowest BCUT2D eigenvalue weighted by Gasteiger charge is -2.82. The van der Waals surface area contributed by atoms with Crippen LogP contribution in [0.25, 0.3) is 0 Å². The Kier molecular flexibility index (Phi) is 2.02. The molecule has 8 bridgehead atoms. The summed E-state index contributed by atoms with van der Waals surface area (Å²) >= 11 is 0. The van der Waals surface area contributed by atoms with Gasteiger partial charge in [-0.1, -0.05) is 25.7 Å². The molecule has 128 valence electrons. The van der Waals surface area contributed by atoms with Crippen molar-refractivity contribution in [2.24, 2.45) is 17.8 Å². The second-order valence-electron chi connectivity index (χ2n) is 11.8. The molecule has 3 aliphatic carbocycles. The SMILES string of the molecule is C1C2CC34CCN5C6CC7CC(C6)N6CCC(C2)(CC1C3)B4C56C7. The maximum atomic E-state index is 3.15. The van der Waals surface area contributed by atoms with E-state index in [0.29, 0.717) is 5.56 Å². The van der Waals surface area contributed by atoms with Gasteiger partial charge in [-0.2, -0.15) is 0 Å². The summed E-state index contributed by atoms with van der Waals surface area (Å²) in [5.41, 5.74) is 0.554. The van der Waals surface area contributed by atoms with Crippen molar-refractivity contribution >= 4 is 6.71 Å². The van der Waals surface area contributed by atoms with Crippen LogP contribution in [0.15, 0.2) is 0 Å². The van der Waals surface area contributed by atoms with Crippen molar-refractivity contribution < 1.29 is 0 Å². The Bertz CT molecular complexity index is 588. The van der Waals surface area contributed by atoms with Crippen molar-refractivity contribution in [1.29, 1.82) is 0 Å². The number of hydrogen-bond donors (Lipinski definition) is 0. The zero-order chi connectivity index (χ0) is 15.3. The van der Waals surface area contributed by atoms with Crippen LogP contribution in [0.5, 0.6) is 0 Å². The largest absolute Gasteiger partial charge is 0.289 e. The fourth-order valence-electron chi connectivity index (χ4n) is 11.6. The van der Waals surface area contributed by atoms with E-state index in [0.717, 1.165) is 47.2 Å². The summed E-state index contributed by atoms with van der Waals surface area (Å²) in [4.78, 5) is 6.30. The molecular weight excluding hydrogens is 291 g/mol. The average Bonchev–Trinajstić information content (AvgIpc) is 2.51. The van der Waals surface area contributed by atoms with Crippen molar-refractivity contribution in [1.82, 2.24) is 9.80 Å². The molecule has 3 heteroatoms. The van der Waals surface area contributed by atoms with E-state index in [-0.39, 0.29) is 0 Å². The molecule has 7 heterocycles. The van der Waals surface area contributed by atoms with E-state index in [4.69, 9.17) is 0 Å². The zero-order valence-corrected chi connectivity index (χ0v) is 15.1. The second kappa shape index (κ2) is 3.67. The van der Waals surface area contributed by atoms with Crippen LogP contribution < -0.4 is 0 Å². The van der Waals surface area contributed by atoms with Crippen LogP contribution in [-0.4, -0.2) is 47.2 Å². The fourth-order valence-corrected chi connectivity index (χ4v) is 11.6. The van der Waals surface area contributed by atoms with Crippen molar-refractivity contribution in [2.45, 2.75) is 98.9 Å². The highest BCUT2D eigenvalue weighted by Crippen LogP contribution is 2.79. The molecular formula is C21H31BN2. The maximum Gasteiger partial charge on any atom is 0.196 e. The van der Waals surface area contributed by atoms with Crippen molar-refractivity contribution in [3.05, 3.63) is 0 Å². The van der Waals surface area contributed by atoms with Gasteiger partial charge in [-0.15, -0.1) is 0 Å². The topological polar surface area (TPSA) is 6.48 Å². The van der Waals surface area contributed by atoms with Gasteiger partial charge in [0.1, 0.15) is 0 Å². The Morgan fingerprint density at radius 3 is 1.79 bits per heavy atom. The van der Waals surface area contributed by atoms with Gasteiger partial charge >= 0.3 is 0 Å². The molecule has 2 atom stereocenters. The van der Waals surface area contributed by atoms with Crippen LogP contribution in [0.3, 0.4) is 0 Å². The third-order valence-electron chi connectivity index (χ3n) is 11.1. The molecule has 10 rings (SSSR count). The molecule has 3 spiro atoms. The molecule has 2 unspecified atom stereocenters. The van der Waals surface area contributed by atoms with E-state index in [1.54, 1.807) is 64.2 Å². The van der Waals surface area contributed by atoms with Crippen LogP contribution in [0.4, 0.5) is 0 Å². The predicted octanol–water partition coefficient (Wildman–Crippen LogP) is 3.79. The lowest BCUT2D eigenvalue weighted by Crippen LogP contribution is -2.89. The molecule has 2 nitrogen and oxygen atoms in total. The fraction of sp³-hybridized carbons (Fsp3) is 1.00. The van der Waals surface area contributed by atoms with E-state index in [2.05, 4.69) is 9.80 Å². The summed E-state index contributed by atoms with van der Waals surface area (Å²) < 4.78 is 0. The lowest BCUT2D eigenvalue weighted by molar-refractivity contribution is -0.207. The molecule has 7 aliphatic heterocycles. The van der Waals surface area contributed by atoms with Gasteiger partial charge in [-0.25, -0.2) is 0 Å². The molecule has 10 aliphatic rings. The van der Waals surface area contributed by atoms with Crippen molar-refractivity contribution in [3.63, 3.8) is 0 Å². The summed E-state index contributed by atoms with van der Waals surface area (Å²) in [5, 5.41) is 1.57. The Morgan fingerprint density at radius 2 is 1.21 bits per heavy atom. The van der Waals surface area contributed by atoms with Gasteiger partial charge < -0.3 is 0 Å². The van der Waals surface area contributed by atoms with E-state index in [1.807, 2.05) is 0 Å². The third kappa shape index (κ3) is 1.17. The summed E-state index contributed by atoms with van der Waals surface area (Å²) in [5.74, 6) is 3.34. The number of piperidine rings is 2. The Morgan fingerprint density at radius 1 is 0.625 bits per heavy atom. The van der Waals surface area contributed by atoms with Crippen LogP contribution in [0, 0.1) is 17.8 Å². The maximum absolute atomic E-state index is 3.15. The number of nitrogens with zero attached hydrogens (tertiary/aromatic N) is 2. The molecule has 7 saturated heterocycles. The molecule has 0 aromatic carbocycles. The van der Waals surface area contributed by atoms with Gasteiger partial charge in [0.15, 0.2) is 6.71 Å². The zero-order valence-electron chi connectivity index (χ0n) is 15.1. The predicted molar refractivity (Wildman–Crippen MR) is 96.1 cm³/mol. The highest BCUT2D eigenvalue weighted by molar-refractivity contribution is 6.70. The monoisotopic (exact) mass is 322 g/mol. The molecule has 0 N–H and O–H groups in total. The van der Waals surface area contributed by atoms with Gasteiger partial charge in [0, 0.05) is 17.6 Å². The minimum absolute atomic E-state index is 0.554. The van der Waals surface area contributed by atoms with E-state index >= 15 is 0 Å². The summed E-state index contributed by atoms with van der Waals surface area (Å²) in [6, 6.07) is 1.95. The van der Waals surface area contributed by atoms with Gasteiger partial charge in [-0.05, 0) is 86.4 Å². The molecule has 24 heavy (non-hydrogen) atoms. The third-order valence-corrected chi connectivity index (χ3v) is 11.1. The molecule has 3 saturated carbocycles. The van der Waals surface area contributed by atoms with Gasteiger partial charge in [0.2, 0.25) is 0 Å². The first-order valence-corrected chi connectivity index (χ1v) is 11.2. The highest BCUT2D eigenvalue weighted by atomic mass is 15.5. The Labute approximate surface area is 146 Å². The smallest absolute Gasteiger partial charge is 0.196 e. The van der Waals surface area contributed by atoms with Crippen LogP contribution in [-0.2, 0) is 0 Å². The molecule has 0 aromatic rings. The summed E-state index contributed by atoms with van der Waals surface area (Å²) in [6.07, 6.45) is 17.5. The summed E-state index contributed by atoms with van der Waals surface area (Å²) in [7, 11) is 0. The summed E-state index contributed by atoms with van der Waals surface area (Å²) in [6.45, 7) is 4.00. The van der Waals surface area contributed by atoms with Crippen molar-refractivity contribution in [2.75, 3.05) is 13.1 Å². The first kappa shape index (κ1) is 13.2. The Hall–Kier alpha value is -0.0151. The van der Waals surface area contributed by atoms with Crippen LogP contribution >= 0.6 is 0 Å². The molecule has 10 fully saturated rings. The Balaban J connectivity index is 1.39. The van der Waals surface area contributed by atoms with Crippen LogP contribution in [0.2, 0.25) is 10.6 Å². The molecule has 0 aromatic heterocycles. The van der Waals surface area contributed by atoms with Crippen LogP contribution in [0.1, 0.15) is 70.6 Å². The minimum Gasteiger partial charge on any atom is -0.289 e. The van der Waals surface area contributed by atoms with Crippen molar-refractivity contribution in [3.8, 4) is 0 Å². The lowest BCUT2D eigenvalue weighted by atomic mass is 9.05. The quantitative estimate of drug-likeness (QED) is 0.626. The average molecular weight is 322 g/mol. The minimum atomic E-state index is 0.554. The molecule has 0 radical (unpaired) electrons.